The van der Waals surface area contributed by atoms with Crippen molar-refractivity contribution in [3.63, 3.8) is 0 Å². The number of benzene rings is 10. The molecule has 10 aromatic carbocycles. The highest BCUT2D eigenvalue weighted by Gasteiger charge is 2.19. The van der Waals surface area contributed by atoms with Crippen molar-refractivity contribution in [3.05, 3.63) is 194 Å². The average Bonchev–Trinajstić information content (AvgIpc) is 3.27. The molecule has 0 aliphatic heterocycles. The first kappa shape index (κ1) is 21.5. The summed E-state index contributed by atoms with van der Waals surface area (Å²) in [5, 5.41) is 6.67. The molecule has 0 radical (unpaired) electrons. The van der Waals surface area contributed by atoms with E-state index < -0.39 is 24.2 Å². The molecule has 0 saturated carbocycles. The van der Waals surface area contributed by atoms with Crippen LogP contribution in [-0.2, 0) is 0 Å². The molecule has 0 nitrogen and oxygen atoms in total. The lowest BCUT2D eigenvalue weighted by atomic mass is 9.83. The van der Waals surface area contributed by atoms with Crippen LogP contribution in [0.3, 0.4) is 0 Å². The second-order valence-electron chi connectivity index (χ2n) is 12.7. The van der Waals surface area contributed by atoms with Crippen molar-refractivity contribution in [3.8, 4) is 44.5 Å². The van der Waals surface area contributed by atoms with Crippen molar-refractivity contribution >= 4 is 53.9 Å². The fraction of sp³-hybridized carbons (Fsp3) is 0. The standard InChI is InChI=1S/C50H32/c1-3-14-33(15-4-1)38-29-39(34-16-5-2-6-17-34)31-40(30-38)49-44-20-9-11-22-46(44)50(47-23-12-10-21-45(47)49)43-25-13-24-41-42(43)27-26-37-28-35-18-7-8-19-36(35)32-48(37)41/h1-32H/i9D,10D,11D,12D,20D,21D,22D,23D. The maximum atomic E-state index is 9.57. The first-order chi connectivity index (χ1) is 28.1. The molecule has 0 aliphatic rings. The normalized spacial score (nSPS) is 13.8. The van der Waals surface area contributed by atoms with E-state index in [9.17, 15) is 5.48 Å². The van der Waals surface area contributed by atoms with Crippen molar-refractivity contribution in [2.24, 2.45) is 0 Å². The Kier molecular flexibility index (Phi) is 4.97. The molecule has 0 spiro atoms. The van der Waals surface area contributed by atoms with Crippen molar-refractivity contribution in [1.29, 1.82) is 0 Å². The first-order valence-corrected chi connectivity index (χ1v) is 16.7. The molecule has 10 rings (SSSR count). The van der Waals surface area contributed by atoms with E-state index in [0.717, 1.165) is 54.6 Å². The van der Waals surface area contributed by atoms with Crippen molar-refractivity contribution in [1.82, 2.24) is 0 Å². The number of rotatable bonds is 4. The molecule has 0 heterocycles. The van der Waals surface area contributed by atoms with Gasteiger partial charge in [-0.15, -0.1) is 0 Å². The quantitative estimate of drug-likeness (QED) is 0.133. The molecule has 0 N–H and O–H groups in total. The lowest BCUT2D eigenvalue weighted by Crippen LogP contribution is -1.93. The second-order valence-corrected chi connectivity index (χ2v) is 12.7. The van der Waals surface area contributed by atoms with Gasteiger partial charge in [0.15, 0.2) is 0 Å². The molecule has 0 bridgehead atoms. The second kappa shape index (κ2) is 11.6. The maximum absolute atomic E-state index is 9.57. The van der Waals surface area contributed by atoms with Gasteiger partial charge >= 0.3 is 0 Å². The third-order valence-corrected chi connectivity index (χ3v) is 9.82. The van der Waals surface area contributed by atoms with Crippen LogP contribution in [0.4, 0.5) is 0 Å². The van der Waals surface area contributed by atoms with E-state index in [1.54, 1.807) is 0 Å². The van der Waals surface area contributed by atoms with Gasteiger partial charge in [0.1, 0.15) is 0 Å². The Morgan fingerprint density at radius 3 is 1.40 bits per heavy atom. The van der Waals surface area contributed by atoms with Crippen LogP contribution in [0, 0.1) is 0 Å². The highest BCUT2D eigenvalue weighted by Crippen LogP contribution is 2.47. The minimum atomic E-state index is -0.428. The first-order valence-electron chi connectivity index (χ1n) is 20.7. The van der Waals surface area contributed by atoms with Crippen LogP contribution in [0.15, 0.2) is 194 Å². The van der Waals surface area contributed by atoms with Gasteiger partial charge in [-0.05, 0) is 129 Å². The van der Waals surface area contributed by atoms with E-state index in [2.05, 4.69) is 30.3 Å². The molecular weight excluding hydrogens is 601 g/mol. The van der Waals surface area contributed by atoms with Crippen molar-refractivity contribution in [2.45, 2.75) is 0 Å². The fourth-order valence-corrected chi connectivity index (χ4v) is 7.55. The third kappa shape index (κ3) is 4.61. The topological polar surface area (TPSA) is 0 Å². The summed E-state index contributed by atoms with van der Waals surface area (Å²) < 4.78 is 74.2. The predicted octanol–water partition coefficient (Wildman–Crippen LogP) is 14.1. The van der Waals surface area contributed by atoms with Gasteiger partial charge in [0.05, 0.1) is 11.0 Å². The molecule has 0 amide bonds. The van der Waals surface area contributed by atoms with Gasteiger partial charge in [0.25, 0.3) is 0 Å². The summed E-state index contributed by atoms with van der Waals surface area (Å²) in [5.41, 5.74) is 5.35. The van der Waals surface area contributed by atoms with E-state index in [0.29, 0.717) is 22.3 Å². The molecule has 10 aromatic rings. The molecule has 0 unspecified atom stereocenters. The zero-order valence-corrected chi connectivity index (χ0v) is 26.9. The van der Waals surface area contributed by atoms with Crippen LogP contribution in [0.25, 0.3) is 98.4 Å². The van der Waals surface area contributed by atoms with E-state index in [4.69, 9.17) is 5.48 Å². The molecule has 0 aromatic heterocycles. The number of hydrogen-bond acceptors (Lipinski definition) is 0. The van der Waals surface area contributed by atoms with Gasteiger partial charge in [0.2, 0.25) is 0 Å². The summed E-state index contributed by atoms with van der Waals surface area (Å²) in [4.78, 5) is 0. The Balaban J connectivity index is 1.43. The number of fused-ring (bicyclic) bond motifs is 6. The van der Waals surface area contributed by atoms with Crippen molar-refractivity contribution in [2.75, 3.05) is 0 Å². The summed E-state index contributed by atoms with van der Waals surface area (Å²) in [6, 6.07) is 45.1. The summed E-state index contributed by atoms with van der Waals surface area (Å²) in [6.07, 6.45) is 0. The Morgan fingerprint density at radius 1 is 0.280 bits per heavy atom. The summed E-state index contributed by atoms with van der Waals surface area (Å²) >= 11 is 0. The van der Waals surface area contributed by atoms with Crippen LogP contribution >= 0.6 is 0 Å². The maximum Gasteiger partial charge on any atom is 0.0629 e. The van der Waals surface area contributed by atoms with Crippen LogP contribution in [0.2, 0.25) is 0 Å². The van der Waals surface area contributed by atoms with Crippen LogP contribution in [-0.4, -0.2) is 0 Å². The zero-order chi connectivity index (χ0) is 40.0. The van der Waals surface area contributed by atoms with E-state index in [1.807, 2.05) is 115 Å². The lowest BCUT2D eigenvalue weighted by molar-refractivity contribution is 1.58. The summed E-state index contributed by atoms with van der Waals surface area (Å²) in [6.45, 7) is 0. The van der Waals surface area contributed by atoms with Crippen LogP contribution in [0.5, 0.6) is 0 Å². The smallest absolute Gasteiger partial charge is 0.0622 e. The van der Waals surface area contributed by atoms with Crippen LogP contribution in [0.1, 0.15) is 11.0 Å². The van der Waals surface area contributed by atoms with Crippen LogP contribution < -0.4 is 0 Å². The molecule has 0 aliphatic carbocycles. The van der Waals surface area contributed by atoms with Gasteiger partial charge in [-0.2, -0.15) is 0 Å². The van der Waals surface area contributed by atoms with Gasteiger partial charge in [0, 0.05) is 0 Å². The molecule has 0 heteroatoms. The van der Waals surface area contributed by atoms with Gasteiger partial charge in [-0.25, -0.2) is 0 Å². The Labute approximate surface area is 302 Å². The number of hydrogen-bond donors (Lipinski definition) is 0. The fourth-order valence-electron chi connectivity index (χ4n) is 7.55. The lowest BCUT2D eigenvalue weighted by Gasteiger charge is -2.20. The Morgan fingerprint density at radius 2 is 0.800 bits per heavy atom. The molecular formula is C50H32. The van der Waals surface area contributed by atoms with Gasteiger partial charge < -0.3 is 0 Å². The highest BCUT2D eigenvalue weighted by molar-refractivity contribution is 6.25. The van der Waals surface area contributed by atoms with Gasteiger partial charge in [-0.3, -0.25) is 0 Å². The molecule has 232 valence electrons. The van der Waals surface area contributed by atoms with E-state index in [1.165, 1.54) is 0 Å². The molecule has 0 saturated heterocycles. The van der Waals surface area contributed by atoms with E-state index >= 15 is 0 Å². The largest absolute Gasteiger partial charge is 0.0629 e. The monoisotopic (exact) mass is 640 g/mol. The zero-order valence-electron chi connectivity index (χ0n) is 34.9. The SMILES string of the molecule is [2H]c1c([2H])c([2H])c2c(-c3cccc4c3ccc3cc5ccccc5cc34)c3c([2H])c([2H])c([2H])c([2H])c3c(-c3cc(-c4ccccc4)cc(-c4ccccc4)c3)c2c1[2H]. The molecule has 0 atom stereocenters. The Bertz CT molecular complexity index is 3220. The third-order valence-electron chi connectivity index (χ3n) is 9.82. The molecule has 50 heavy (non-hydrogen) atoms. The molecule has 0 fully saturated rings. The van der Waals surface area contributed by atoms with Crippen molar-refractivity contribution < 1.29 is 11.0 Å². The van der Waals surface area contributed by atoms with Gasteiger partial charge in [-0.1, -0.05) is 164 Å². The average molecular weight is 641 g/mol. The highest BCUT2D eigenvalue weighted by atomic mass is 14.2. The minimum Gasteiger partial charge on any atom is -0.0622 e. The Hall–Kier alpha value is -6.50. The van der Waals surface area contributed by atoms with E-state index in [-0.39, 0.29) is 45.7 Å². The predicted molar refractivity (Wildman–Crippen MR) is 216 cm³/mol. The summed E-state index contributed by atoms with van der Waals surface area (Å²) in [5.74, 6) is 0. The summed E-state index contributed by atoms with van der Waals surface area (Å²) in [7, 11) is 0. The minimum absolute atomic E-state index is 0.187.